The van der Waals surface area contributed by atoms with Crippen molar-refractivity contribution >= 4 is 39.5 Å². The molecule has 3 N–H and O–H groups in total. The summed E-state index contributed by atoms with van der Waals surface area (Å²) in [5.74, 6) is -2.18. The van der Waals surface area contributed by atoms with Crippen LogP contribution in [0.5, 0.6) is 0 Å². The zero-order valence-corrected chi connectivity index (χ0v) is 63.1. The second-order valence-electron chi connectivity index (χ2n) is 26.3. The second kappa shape index (κ2) is 70.5. The molecule has 0 aromatic carbocycles. The maximum atomic E-state index is 13.1. The van der Waals surface area contributed by atoms with E-state index >= 15 is 0 Å². The predicted molar refractivity (Wildman–Crippen MR) is 390 cm³/mol. The smallest absolute Gasteiger partial charge is 0.462 e. The Kier molecular flexibility index (Phi) is 68.3. The summed E-state index contributed by atoms with van der Waals surface area (Å²) in [6.07, 6.45) is 66.7. The Hall–Kier alpha value is -2.98. The lowest BCUT2D eigenvalue weighted by atomic mass is 10.1. The molecule has 0 aromatic rings. The summed E-state index contributed by atoms with van der Waals surface area (Å²) in [7, 11) is -9.94. The van der Waals surface area contributed by atoms with Crippen LogP contribution in [0.1, 0.15) is 362 Å². The van der Waals surface area contributed by atoms with E-state index in [0.29, 0.717) is 25.7 Å². The number of aliphatic hydroxyl groups excluding tert-OH is 1. The zero-order chi connectivity index (χ0) is 70.4. The summed E-state index contributed by atoms with van der Waals surface area (Å²) in [4.78, 5) is 72.8. The van der Waals surface area contributed by atoms with Gasteiger partial charge in [0.1, 0.15) is 19.3 Å². The van der Waals surface area contributed by atoms with Crippen LogP contribution in [0.4, 0.5) is 0 Å². The van der Waals surface area contributed by atoms with Crippen LogP contribution in [-0.2, 0) is 65.4 Å². The van der Waals surface area contributed by atoms with Crippen molar-refractivity contribution in [2.75, 3.05) is 39.6 Å². The van der Waals surface area contributed by atoms with Crippen LogP contribution in [0, 0.1) is 0 Å². The molecule has 4 atom stereocenters. The minimum atomic E-state index is -4.97. The second-order valence-corrected chi connectivity index (χ2v) is 29.2. The lowest BCUT2D eigenvalue weighted by molar-refractivity contribution is -0.161. The maximum Gasteiger partial charge on any atom is 0.472 e. The number of carbonyl (C=O) groups excluding carboxylic acids is 4. The Morgan fingerprint density at radius 3 is 0.729 bits per heavy atom. The standard InChI is InChI=1S/C77H142O17P2/c1-5-9-13-17-21-25-29-33-35-39-41-45-49-53-57-61-74(79)87-67-72(93-76(81)63-59-55-51-47-43-37-31-27-23-19-15-11-7-3)69-91-95(83,84)89-65-71(78)66-90-96(85,86)92-70-73(94-77(82)64-60-56-52-48-44-38-32-28-24-20-16-12-8-4)68-88-75(80)62-58-54-50-46-42-40-36-34-30-26-22-18-14-10-6-2/h27-28,31-36,71-73,78H,5-26,29-30,37-70H2,1-4H3,(H,83,84)(H,85,86)/b31-27-,32-28-,35-33-,36-34-. The van der Waals surface area contributed by atoms with Gasteiger partial charge in [-0.1, -0.05) is 256 Å². The first-order chi connectivity index (χ1) is 46.7. The average molecular weight is 1400 g/mol. The first-order valence-corrected chi connectivity index (χ1v) is 41.9. The van der Waals surface area contributed by atoms with Crippen molar-refractivity contribution in [3.8, 4) is 0 Å². The van der Waals surface area contributed by atoms with Crippen LogP contribution in [0.2, 0.25) is 0 Å². The number of phosphoric acid groups is 2. The monoisotopic (exact) mass is 1400 g/mol. The van der Waals surface area contributed by atoms with E-state index in [1.165, 1.54) is 128 Å². The average Bonchev–Trinajstić information content (AvgIpc) is 1.15. The van der Waals surface area contributed by atoms with E-state index in [2.05, 4.69) is 76.3 Å². The molecule has 0 heterocycles. The summed E-state index contributed by atoms with van der Waals surface area (Å²) in [5, 5.41) is 10.6. The molecule has 0 aliphatic rings. The van der Waals surface area contributed by atoms with Gasteiger partial charge in [-0.2, -0.15) is 0 Å². The van der Waals surface area contributed by atoms with Crippen molar-refractivity contribution in [1.82, 2.24) is 0 Å². The van der Waals surface area contributed by atoms with Gasteiger partial charge in [0, 0.05) is 25.7 Å². The highest BCUT2D eigenvalue weighted by molar-refractivity contribution is 7.47. The topological polar surface area (TPSA) is 237 Å². The molecule has 0 rings (SSSR count). The molecule has 0 saturated heterocycles. The van der Waals surface area contributed by atoms with Gasteiger partial charge in [-0.05, 0) is 128 Å². The minimum Gasteiger partial charge on any atom is -0.462 e. The summed E-state index contributed by atoms with van der Waals surface area (Å²) >= 11 is 0. The van der Waals surface area contributed by atoms with Crippen molar-refractivity contribution in [3.05, 3.63) is 48.6 Å². The Morgan fingerprint density at radius 1 is 0.281 bits per heavy atom. The summed E-state index contributed by atoms with van der Waals surface area (Å²) in [5.41, 5.74) is 0. The zero-order valence-electron chi connectivity index (χ0n) is 61.3. The molecule has 17 nitrogen and oxygen atoms in total. The number of carbonyl (C=O) groups is 4. The van der Waals surface area contributed by atoms with Gasteiger partial charge in [-0.3, -0.25) is 37.3 Å². The summed E-state index contributed by atoms with van der Waals surface area (Å²) < 4.78 is 68.5. The highest BCUT2D eigenvalue weighted by atomic mass is 31.2. The molecule has 0 bridgehead atoms. The van der Waals surface area contributed by atoms with Crippen molar-refractivity contribution in [2.45, 2.75) is 380 Å². The van der Waals surface area contributed by atoms with Gasteiger partial charge in [0.15, 0.2) is 12.2 Å². The minimum absolute atomic E-state index is 0.0879. The number of ether oxygens (including phenoxy) is 4. The number of allylic oxidation sites excluding steroid dienone is 8. The van der Waals surface area contributed by atoms with Crippen LogP contribution in [0.25, 0.3) is 0 Å². The first-order valence-electron chi connectivity index (χ1n) is 38.9. The molecule has 19 heteroatoms. The molecule has 0 aromatic heterocycles. The Morgan fingerprint density at radius 2 is 0.479 bits per heavy atom. The van der Waals surface area contributed by atoms with E-state index in [0.717, 1.165) is 154 Å². The first kappa shape index (κ1) is 93.0. The molecule has 0 spiro atoms. The van der Waals surface area contributed by atoms with E-state index in [-0.39, 0.29) is 25.7 Å². The molecule has 0 radical (unpaired) electrons. The summed E-state index contributed by atoms with van der Waals surface area (Å²) in [6, 6.07) is 0. The fourth-order valence-corrected chi connectivity index (χ4v) is 12.3. The van der Waals surface area contributed by atoms with Crippen LogP contribution in [0.15, 0.2) is 48.6 Å². The lowest BCUT2D eigenvalue weighted by Crippen LogP contribution is -2.30. The van der Waals surface area contributed by atoms with Crippen molar-refractivity contribution in [2.24, 2.45) is 0 Å². The third-order valence-electron chi connectivity index (χ3n) is 16.7. The molecular formula is C77H142O17P2. The largest absolute Gasteiger partial charge is 0.472 e. The van der Waals surface area contributed by atoms with E-state index in [1.54, 1.807) is 0 Å². The van der Waals surface area contributed by atoms with Crippen molar-refractivity contribution < 1.29 is 80.2 Å². The van der Waals surface area contributed by atoms with Crippen molar-refractivity contribution in [1.29, 1.82) is 0 Å². The van der Waals surface area contributed by atoms with Gasteiger partial charge >= 0.3 is 39.5 Å². The van der Waals surface area contributed by atoms with Crippen LogP contribution in [-0.4, -0.2) is 96.7 Å². The Bertz CT molecular complexity index is 1880. The highest BCUT2D eigenvalue weighted by Gasteiger charge is 2.30. The van der Waals surface area contributed by atoms with Crippen LogP contribution >= 0.6 is 15.6 Å². The number of rotatable bonds is 74. The number of esters is 4. The molecule has 0 fully saturated rings. The third kappa shape index (κ3) is 69.5. The highest BCUT2D eigenvalue weighted by Crippen LogP contribution is 2.45. The normalized spacial score (nSPS) is 14.2. The van der Waals surface area contributed by atoms with Gasteiger partial charge in [0.05, 0.1) is 26.4 Å². The quantitative estimate of drug-likeness (QED) is 0.0169. The van der Waals surface area contributed by atoms with E-state index < -0.39 is 97.5 Å². The summed E-state index contributed by atoms with van der Waals surface area (Å²) in [6.45, 7) is 4.85. The number of hydrogen-bond donors (Lipinski definition) is 3. The Balaban J connectivity index is 5.32. The van der Waals surface area contributed by atoms with Crippen molar-refractivity contribution in [3.63, 3.8) is 0 Å². The molecule has 562 valence electrons. The van der Waals surface area contributed by atoms with Crippen LogP contribution < -0.4 is 0 Å². The lowest BCUT2D eigenvalue weighted by Gasteiger charge is -2.21. The van der Waals surface area contributed by atoms with Gasteiger partial charge < -0.3 is 33.8 Å². The molecule has 0 amide bonds. The molecule has 0 saturated carbocycles. The predicted octanol–water partition coefficient (Wildman–Crippen LogP) is 22.1. The van der Waals surface area contributed by atoms with E-state index in [4.69, 9.17) is 37.0 Å². The van der Waals surface area contributed by atoms with Gasteiger partial charge in [0.2, 0.25) is 0 Å². The fraction of sp³-hybridized carbons (Fsp3) is 0.844. The Labute approximate surface area is 585 Å². The van der Waals surface area contributed by atoms with E-state index in [9.17, 15) is 43.2 Å². The van der Waals surface area contributed by atoms with Crippen LogP contribution in [0.3, 0.4) is 0 Å². The fourth-order valence-electron chi connectivity index (χ4n) is 10.7. The number of aliphatic hydroxyl groups is 1. The van der Waals surface area contributed by atoms with Gasteiger partial charge in [-0.15, -0.1) is 0 Å². The number of phosphoric ester groups is 2. The van der Waals surface area contributed by atoms with Gasteiger partial charge in [0.25, 0.3) is 0 Å². The molecule has 4 unspecified atom stereocenters. The molecule has 96 heavy (non-hydrogen) atoms. The number of unbranched alkanes of at least 4 members (excludes halogenated alkanes) is 40. The maximum absolute atomic E-state index is 13.1. The number of hydrogen-bond acceptors (Lipinski definition) is 15. The molecule has 0 aliphatic heterocycles. The van der Waals surface area contributed by atoms with Gasteiger partial charge in [-0.25, -0.2) is 9.13 Å². The third-order valence-corrected chi connectivity index (χ3v) is 18.6. The SMILES string of the molecule is CCCCCC/C=C\CCCCCCCC(=O)OC(COC(=O)CCCCCCC/C=C\CCCCCCCC)COP(=O)(O)OCC(O)COP(=O)(O)OCC(COC(=O)CCCCCCC/C=C\CCCCCCCC)OC(=O)CCCCCCC/C=C\CCCCCC. The molecular weight excluding hydrogens is 1260 g/mol. The molecule has 0 aliphatic carbocycles. The van der Waals surface area contributed by atoms with E-state index in [1.807, 2.05) is 0 Å².